The maximum Gasteiger partial charge on any atom is 0.269 e. The Labute approximate surface area is 110 Å². The third-order valence-corrected chi connectivity index (χ3v) is 3.52. The number of nitrogens with zero attached hydrogens (tertiary/aromatic N) is 4. The predicted octanol–water partition coefficient (Wildman–Crippen LogP) is 1.61. The Kier molecular flexibility index (Phi) is 2.71. The lowest BCUT2D eigenvalue weighted by molar-refractivity contribution is 0.635. The van der Waals surface area contributed by atoms with E-state index in [1.807, 2.05) is 19.3 Å². The van der Waals surface area contributed by atoms with Gasteiger partial charge in [-0.25, -0.2) is 4.98 Å². The first kappa shape index (κ1) is 11.7. The minimum absolute atomic E-state index is 0.183. The summed E-state index contributed by atoms with van der Waals surface area (Å²) in [6, 6.07) is 5.85. The average molecular weight is 254 g/mol. The molecule has 2 heterocycles. The minimum Gasteiger partial charge on any atom is -0.330 e. The van der Waals surface area contributed by atoms with Gasteiger partial charge in [0.2, 0.25) is 0 Å². The van der Waals surface area contributed by atoms with Gasteiger partial charge in [0.15, 0.2) is 0 Å². The quantitative estimate of drug-likeness (QED) is 0.835. The van der Waals surface area contributed by atoms with Gasteiger partial charge in [-0.15, -0.1) is 0 Å². The molecule has 0 radical (unpaired) electrons. The number of hydrogen-bond acceptors (Lipinski definition) is 3. The highest BCUT2D eigenvalue weighted by molar-refractivity contribution is 5.27. The molecule has 0 amide bonds. The van der Waals surface area contributed by atoms with E-state index in [-0.39, 0.29) is 11.1 Å². The van der Waals surface area contributed by atoms with Crippen molar-refractivity contribution in [1.29, 1.82) is 5.26 Å². The van der Waals surface area contributed by atoms with Gasteiger partial charge in [0.25, 0.3) is 5.56 Å². The second-order valence-electron chi connectivity index (χ2n) is 4.91. The van der Waals surface area contributed by atoms with Crippen molar-refractivity contribution in [2.45, 2.75) is 32.4 Å². The van der Waals surface area contributed by atoms with E-state index in [1.165, 1.54) is 12.8 Å². The van der Waals surface area contributed by atoms with Gasteiger partial charge in [-0.2, -0.15) is 5.26 Å². The summed E-state index contributed by atoms with van der Waals surface area (Å²) < 4.78 is 3.76. The fourth-order valence-corrected chi connectivity index (χ4v) is 2.25. The van der Waals surface area contributed by atoms with Crippen molar-refractivity contribution in [3.8, 4) is 6.07 Å². The van der Waals surface area contributed by atoms with Crippen LogP contribution in [0.3, 0.4) is 0 Å². The van der Waals surface area contributed by atoms with Gasteiger partial charge in [-0.3, -0.25) is 4.79 Å². The minimum atomic E-state index is -0.231. The van der Waals surface area contributed by atoms with Gasteiger partial charge >= 0.3 is 0 Å². The van der Waals surface area contributed by atoms with Crippen LogP contribution in [0, 0.1) is 18.3 Å². The highest BCUT2D eigenvalue weighted by Gasteiger charge is 2.25. The number of pyridine rings is 1. The smallest absolute Gasteiger partial charge is 0.269 e. The van der Waals surface area contributed by atoms with Gasteiger partial charge < -0.3 is 9.13 Å². The molecule has 0 N–H and O–H groups in total. The molecule has 0 aliphatic heterocycles. The summed E-state index contributed by atoms with van der Waals surface area (Å²) in [6.07, 6.45) is 5.97. The molecular formula is C14H14N4O. The zero-order chi connectivity index (χ0) is 13.4. The molecular weight excluding hydrogens is 240 g/mol. The predicted molar refractivity (Wildman–Crippen MR) is 69.8 cm³/mol. The Morgan fingerprint density at radius 1 is 1.47 bits per heavy atom. The Morgan fingerprint density at radius 2 is 2.26 bits per heavy atom. The molecule has 1 aliphatic rings. The van der Waals surface area contributed by atoms with Crippen LogP contribution in [0.1, 0.15) is 35.8 Å². The van der Waals surface area contributed by atoms with Crippen LogP contribution in [-0.4, -0.2) is 14.1 Å². The van der Waals surface area contributed by atoms with Crippen molar-refractivity contribution in [2.75, 3.05) is 0 Å². The maximum absolute atomic E-state index is 12.2. The molecule has 1 fully saturated rings. The summed E-state index contributed by atoms with van der Waals surface area (Å²) in [7, 11) is 0. The summed E-state index contributed by atoms with van der Waals surface area (Å²) in [5.74, 6) is 0. The van der Waals surface area contributed by atoms with Gasteiger partial charge in [-0.05, 0) is 31.9 Å². The van der Waals surface area contributed by atoms with Crippen molar-refractivity contribution < 1.29 is 0 Å². The van der Waals surface area contributed by atoms with Crippen LogP contribution >= 0.6 is 0 Å². The molecule has 96 valence electrons. The van der Waals surface area contributed by atoms with E-state index in [4.69, 9.17) is 5.26 Å². The summed E-state index contributed by atoms with van der Waals surface area (Å²) >= 11 is 0. The van der Waals surface area contributed by atoms with Crippen LogP contribution in [0.5, 0.6) is 0 Å². The van der Waals surface area contributed by atoms with Gasteiger partial charge in [0.05, 0.1) is 18.6 Å². The van der Waals surface area contributed by atoms with Crippen LogP contribution in [0.2, 0.25) is 0 Å². The van der Waals surface area contributed by atoms with E-state index in [9.17, 15) is 4.79 Å². The number of nitriles is 1. The molecule has 19 heavy (non-hydrogen) atoms. The summed E-state index contributed by atoms with van der Waals surface area (Å²) in [4.78, 5) is 16.3. The first-order valence-electron chi connectivity index (χ1n) is 6.32. The summed E-state index contributed by atoms with van der Waals surface area (Å²) in [5.41, 5.74) is 1.82. The van der Waals surface area contributed by atoms with Crippen molar-refractivity contribution in [1.82, 2.24) is 14.1 Å². The first-order valence-corrected chi connectivity index (χ1v) is 6.32. The van der Waals surface area contributed by atoms with Crippen LogP contribution in [-0.2, 0) is 6.54 Å². The molecule has 0 atom stereocenters. The first-order chi connectivity index (χ1) is 9.20. The van der Waals surface area contributed by atoms with E-state index in [0.717, 1.165) is 11.4 Å². The largest absolute Gasteiger partial charge is 0.330 e. The lowest BCUT2D eigenvalue weighted by Crippen LogP contribution is -2.25. The van der Waals surface area contributed by atoms with E-state index in [1.54, 1.807) is 22.9 Å². The third kappa shape index (κ3) is 2.06. The highest BCUT2D eigenvalue weighted by atomic mass is 16.1. The Balaban J connectivity index is 2.01. The summed E-state index contributed by atoms with van der Waals surface area (Å²) in [5, 5.41) is 8.93. The van der Waals surface area contributed by atoms with E-state index < -0.39 is 0 Å². The number of hydrogen-bond donors (Lipinski definition) is 0. The monoisotopic (exact) mass is 254 g/mol. The lowest BCUT2D eigenvalue weighted by atomic mass is 10.2. The molecule has 0 unspecified atom stereocenters. The average Bonchev–Trinajstić information content (AvgIpc) is 3.14. The van der Waals surface area contributed by atoms with Gasteiger partial charge in [-0.1, -0.05) is 0 Å². The van der Waals surface area contributed by atoms with Crippen molar-refractivity contribution >= 4 is 0 Å². The fraction of sp³-hybridized carbons (Fsp3) is 0.357. The molecule has 0 spiro atoms. The number of aromatic nitrogens is 3. The number of aryl methyl sites for hydroxylation is 1. The lowest BCUT2D eigenvalue weighted by Gasteiger charge is -2.12. The van der Waals surface area contributed by atoms with E-state index in [0.29, 0.717) is 12.6 Å². The number of rotatable bonds is 3. The third-order valence-electron chi connectivity index (χ3n) is 3.52. The molecule has 5 heteroatoms. The summed E-state index contributed by atoms with van der Waals surface area (Å²) in [6.45, 7) is 2.34. The Bertz CT molecular complexity index is 716. The van der Waals surface area contributed by atoms with Crippen molar-refractivity contribution in [2.24, 2.45) is 0 Å². The van der Waals surface area contributed by atoms with Crippen molar-refractivity contribution in [3.05, 3.63) is 52.0 Å². The molecule has 1 aliphatic carbocycles. The van der Waals surface area contributed by atoms with Crippen LogP contribution in [0.15, 0.2) is 29.5 Å². The molecule has 0 aromatic carbocycles. The molecule has 2 aromatic heterocycles. The molecule has 2 aromatic rings. The Morgan fingerprint density at radius 3 is 2.95 bits per heavy atom. The van der Waals surface area contributed by atoms with Crippen molar-refractivity contribution in [3.63, 3.8) is 0 Å². The van der Waals surface area contributed by atoms with Crippen LogP contribution in [0.25, 0.3) is 0 Å². The molecule has 0 saturated heterocycles. The zero-order valence-electron chi connectivity index (χ0n) is 10.7. The second-order valence-corrected chi connectivity index (χ2v) is 4.91. The van der Waals surface area contributed by atoms with E-state index >= 15 is 0 Å². The molecule has 5 nitrogen and oxygen atoms in total. The highest BCUT2D eigenvalue weighted by Crippen LogP contribution is 2.35. The van der Waals surface area contributed by atoms with Crippen LogP contribution in [0.4, 0.5) is 0 Å². The second kappa shape index (κ2) is 4.39. The maximum atomic E-state index is 12.2. The SMILES string of the molecule is Cc1ccc(C#N)c(=O)n1Cc1cncn1C1CC1. The molecule has 0 bridgehead atoms. The van der Waals surface area contributed by atoms with Gasteiger partial charge in [0, 0.05) is 17.9 Å². The van der Waals surface area contributed by atoms with E-state index in [2.05, 4.69) is 9.55 Å². The fourth-order valence-electron chi connectivity index (χ4n) is 2.25. The molecule has 1 saturated carbocycles. The standard InChI is InChI=1S/C14H14N4O/c1-10-2-3-11(6-15)14(19)17(10)8-13-7-16-9-18(13)12-4-5-12/h2-3,7,9,12H,4-5,8H2,1H3. The number of imidazole rings is 1. The zero-order valence-corrected chi connectivity index (χ0v) is 10.7. The normalized spacial score (nSPS) is 14.3. The topological polar surface area (TPSA) is 63.6 Å². The van der Waals surface area contributed by atoms with Gasteiger partial charge in [0.1, 0.15) is 11.6 Å². The Hall–Kier alpha value is -2.35. The van der Waals surface area contributed by atoms with Crippen LogP contribution < -0.4 is 5.56 Å². The molecule has 3 rings (SSSR count).